The molecule has 0 aromatic heterocycles. The fraction of sp³-hybridized carbons (Fsp3) is 0.533. The fourth-order valence-corrected chi connectivity index (χ4v) is 2.76. The minimum atomic E-state index is -0.714. The number of rotatable bonds is 5. The summed E-state index contributed by atoms with van der Waals surface area (Å²) in [6, 6.07) is 6.54. The van der Waals surface area contributed by atoms with Crippen molar-refractivity contribution in [2.45, 2.75) is 31.7 Å². The summed E-state index contributed by atoms with van der Waals surface area (Å²) in [5, 5.41) is 8.74. The number of carboxylic acids is 1. The summed E-state index contributed by atoms with van der Waals surface area (Å²) in [5.41, 5.74) is 2.65. The normalized spacial score (nSPS) is 18.9. The molecule has 0 saturated heterocycles. The highest BCUT2D eigenvalue weighted by Gasteiger charge is 2.24. The number of methoxy groups -OCH3 is 1. The highest BCUT2D eigenvalue weighted by atomic mass is 16.5. The van der Waals surface area contributed by atoms with E-state index in [1.54, 1.807) is 7.11 Å². The number of carboxylic acid groups (broad SMARTS) is 1. The van der Waals surface area contributed by atoms with Gasteiger partial charge in [-0.3, -0.25) is 9.69 Å². The molecule has 1 unspecified atom stereocenters. The molecule has 4 heteroatoms. The Hall–Kier alpha value is -1.55. The van der Waals surface area contributed by atoms with E-state index in [0.29, 0.717) is 6.04 Å². The first kappa shape index (κ1) is 13.9. The predicted octanol–water partition coefficient (Wildman–Crippen LogP) is 2.48. The van der Waals surface area contributed by atoms with Gasteiger partial charge in [0, 0.05) is 19.0 Å². The summed E-state index contributed by atoms with van der Waals surface area (Å²) in [5.74, 6) is 0.181. The molecule has 0 bridgehead atoms. The van der Waals surface area contributed by atoms with Crippen LogP contribution in [0.25, 0.3) is 0 Å². The highest BCUT2D eigenvalue weighted by molar-refractivity contribution is 5.66. The van der Waals surface area contributed by atoms with Gasteiger partial charge in [-0.1, -0.05) is 6.07 Å². The molecule has 0 aliphatic carbocycles. The first-order chi connectivity index (χ1) is 9.11. The lowest BCUT2D eigenvalue weighted by molar-refractivity contribution is -0.137. The van der Waals surface area contributed by atoms with Gasteiger partial charge >= 0.3 is 5.97 Å². The Morgan fingerprint density at radius 3 is 3.00 bits per heavy atom. The predicted molar refractivity (Wildman–Crippen MR) is 73.6 cm³/mol. The van der Waals surface area contributed by atoms with Crippen molar-refractivity contribution in [3.8, 4) is 5.75 Å². The van der Waals surface area contributed by atoms with Crippen LogP contribution in [0, 0.1) is 0 Å². The van der Waals surface area contributed by atoms with Crippen molar-refractivity contribution >= 4 is 5.97 Å². The van der Waals surface area contributed by atoms with Crippen LogP contribution in [-0.4, -0.2) is 36.7 Å². The summed E-state index contributed by atoms with van der Waals surface area (Å²) < 4.78 is 5.26. The Kier molecular flexibility index (Phi) is 4.43. The average molecular weight is 263 g/mol. The van der Waals surface area contributed by atoms with Crippen molar-refractivity contribution in [1.29, 1.82) is 0 Å². The van der Waals surface area contributed by atoms with E-state index in [4.69, 9.17) is 9.84 Å². The van der Waals surface area contributed by atoms with Gasteiger partial charge in [0.05, 0.1) is 7.11 Å². The number of likely N-dealkylation sites (N-methyl/N-ethyl adjacent to an activating group) is 1. The SMILES string of the molecule is COc1ccc2c(c1)CCN(C)C2CCCC(=O)O. The van der Waals surface area contributed by atoms with Crippen LogP contribution in [-0.2, 0) is 11.2 Å². The topological polar surface area (TPSA) is 49.8 Å². The maximum Gasteiger partial charge on any atom is 0.303 e. The molecule has 0 saturated carbocycles. The third-order valence-electron chi connectivity index (χ3n) is 3.84. The standard InChI is InChI=1S/C15H21NO3/c1-16-9-8-11-10-12(19-2)6-7-13(11)14(16)4-3-5-15(17)18/h6-7,10,14H,3-5,8-9H2,1-2H3,(H,17,18). The van der Waals surface area contributed by atoms with E-state index in [1.807, 2.05) is 6.07 Å². The molecule has 19 heavy (non-hydrogen) atoms. The molecule has 1 N–H and O–H groups in total. The summed E-state index contributed by atoms with van der Waals surface area (Å²) >= 11 is 0. The van der Waals surface area contributed by atoms with Crippen molar-refractivity contribution < 1.29 is 14.6 Å². The lowest BCUT2D eigenvalue weighted by Gasteiger charge is -2.34. The molecule has 1 heterocycles. The number of carbonyl (C=O) groups is 1. The zero-order valence-electron chi connectivity index (χ0n) is 11.6. The quantitative estimate of drug-likeness (QED) is 0.886. The second-order valence-corrected chi connectivity index (χ2v) is 5.10. The van der Waals surface area contributed by atoms with Crippen LogP contribution in [0.2, 0.25) is 0 Å². The molecular formula is C15H21NO3. The van der Waals surface area contributed by atoms with Gasteiger partial charge in [-0.2, -0.15) is 0 Å². The molecular weight excluding hydrogens is 242 g/mol. The third-order valence-corrected chi connectivity index (χ3v) is 3.84. The molecule has 1 atom stereocenters. The monoisotopic (exact) mass is 263 g/mol. The molecule has 2 rings (SSSR count). The van der Waals surface area contributed by atoms with Crippen LogP contribution in [0.15, 0.2) is 18.2 Å². The Morgan fingerprint density at radius 1 is 1.53 bits per heavy atom. The van der Waals surface area contributed by atoms with Gasteiger partial charge in [0.2, 0.25) is 0 Å². The minimum absolute atomic E-state index is 0.246. The second-order valence-electron chi connectivity index (χ2n) is 5.10. The molecule has 0 amide bonds. The molecule has 4 nitrogen and oxygen atoms in total. The Balaban J connectivity index is 2.13. The number of hydrogen-bond acceptors (Lipinski definition) is 3. The van der Waals surface area contributed by atoms with E-state index in [0.717, 1.165) is 31.6 Å². The first-order valence-corrected chi connectivity index (χ1v) is 6.70. The molecule has 0 radical (unpaired) electrons. The third kappa shape index (κ3) is 3.26. The van der Waals surface area contributed by atoms with Gasteiger partial charge in [-0.25, -0.2) is 0 Å². The van der Waals surface area contributed by atoms with Gasteiger partial charge < -0.3 is 9.84 Å². The lowest BCUT2D eigenvalue weighted by Crippen LogP contribution is -2.32. The van der Waals surface area contributed by atoms with E-state index < -0.39 is 5.97 Å². The maximum absolute atomic E-state index is 10.6. The van der Waals surface area contributed by atoms with Crippen LogP contribution in [0.3, 0.4) is 0 Å². The van der Waals surface area contributed by atoms with E-state index in [9.17, 15) is 4.79 Å². The van der Waals surface area contributed by atoms with Gasteiger partial charge in [0.25, 0.3) is 0 Å². The van der Waals surface area contributed by atoms with Crippen LogP contribution < -0.4 is 4.74 Å². The van der Waals surface area contributed by atoms with Crippen molar-refractivity contribution in [3.63, 3.8) is 0 Å². The van der Waals surface area contributed by atoms with Crippen molar-refractivity contribution in [2.24, 2.45) is 0 Å². The fourth-order valence-electron chi connectivity index (χ4n) is 2.76. The summed E-state index contributed by atoms with van der Waals surface area (Å²) in [4.78, 5) is 12.9. The van der Waals surface area contributed by atoms with Crippen LogP contribution >= 0.6 is 0 Å². The van der Waals surface area contributed by atoms with Crippen molar-refractivity contribution in [1.82, 2.24) is 4.90 Å². The molecule has 104 valence electrons. The first-order valence-electron chi connectivity index (χ1n) is 6.70. The number of fused-ring (bicyclic) bond motifs is 1. The minimum Gasteiger partial charge on any atom is -0.497 e. The average Bonchev–Trinajstić information content (AvgIpc) is 2.40. The number of hydrogen-bond donors (Lipinski definition) is 1. The maximum atomic E-state index is 10.6. The molecule has 1 aliphatic rings. The Labute approximate surface area is 114 Å². The largest absolute Gasteiger partial charge is 0.497 e. The second kappa shape index (κ2) is 6.06. The van der Waals surface area contributed by atoms with Crippen LogP contribution in [0.1, 0.15) is 36.4 Å². The summed E-state index contributed by atoms with van der Waals surface area (Å²) in [7, 11) is 3.79. The van der Waals surface area contributed by atoms with Gasteiger partial charge in [0.15, 0.2) is 0 Å². The smallest absolute Gasteiger partial charge is 0.303 e. The van der Waals surface area contributed by atoms with Crippen molar-refractivity contribution in [3.05, 3.63) is 29.3 Å². The molecule has 1 aromatic rings. The Bertz CT molecular complexity index is 459. The Morgan fingerprint density at radius 2 is 2.32 bits per heavy atom. The van der Waals surface area contributed by atoms with Crippen molar-refractivity contribution in [2.75, 3.05) is 20.7 Å². The molecule has 0 fully saturated rings. The van der Waals surface area contributed by atoms with Gasteiger partial charge in [-0.15, -0.1) is 0 Å². The van der Waals surface area contributed by atoms with E-state index in [-0.39, 0.29) is 6.42 Å². The summed E-state index contributed by atoms with van der Waals surface area (Å²) in [6.45, 7) is 1.01. The van der Waals surface area contributed by atoms with Crippen LogP contribution in [0.5, 0.6) is 5.75 Å². The summed E-state index contributed by atoms with van der Waals surface area (Å²) in [6.07, 6.45) is 2.88. The number of benzene rings is 1. The lowest BCUT2D eigenvalue weighted by atomic mass is 9.90. The highest BCUT2D eigenvalue weighted by Crippen LogP contribution is 2.34. The number of aliphatic carboxylic acids is 1. The molecule has 1 aliphatic heterocycles. The zero-order valence-corrected chi connectivity index (χ0v) is 11.6. The molecule has 1 aromatic carbocycles. The van der Waals surface area contributed by atoms with E-state index in [1.165, 1.54) is 11.1 Å². The number of ether oxygens (including phenoxy) is 1. The van der Waals surface area contributed by atoms with Gasteiger partial charge in [0.1, 0.15) is 5.75 Å². The van der Waals surface area contributed by atoms with E-state index in [2.05, 4.69) is 24.1 Å². The van der Waals surface area contributed by atoms with Crippen LogP contribution in [0.4, 0.5) is 0 Å². The number of nitrogens with zero attached hydrogens (tertiary/aromatic N) is 1. The van der Waals surface area contributed by atoms with Gasteiger partial charge in [-0.05, 0) is 49.6 Å². The zero-order chi connectivity index (χ0) is 13.8. The molecule has 0 spiro atoms. The van der Waals surface area contributed by atoms with E-state index >= 15 is 0 Å².